The first kappa shape index (κ1) is 13.6. The Bertz CT molecular complexity index is 484. The van der Waals surface area contributed by atoms with E-state index in [4.69, 9.17) is 11.0 Å². The molecule has 1 aromatic rings. The average Bonchev–Trinajstić information content (AvgIpc) is 2.41. The van der Waals surface area contributed by atoms with Crippen molar-refractivity contribution < 1.29 is 4.79 Å². The van der Waals surface area contributed by atoms with Crippen molar-refractivity contribution in [2.45, 2.75) is 25.8 Å². The number of likely N-dealkylation sites (tertiary alicyclic amines) is 1. The molecule has 0 spiro atoms. The molecule has 0 radical (unpaired) electrons. The molecule has 4 nitrogen and oxygen atoms in total. The molecule has 2 N–H and O–H groups in total. The van der Waals surface area contributed by atoms with Crippen LogP contribution in [0.4, 0.5) is 0 Å². The molecule has 1 aliphatic heterocycles. The van der Waals surface area contributed by atoms with Gasteiger partial charge in [0.2, 0.25) is 5.91 Å². The van der Waals surface area contributed by atoms with E-state index in [-0.39, 0.29) is 5.91 Å². The largest absolute Gasteiger partial charge is 0.370 e. The highest BCUT2D eigenvalue weighted by Crippen LogP contribution is 2.21. The summed E-state index contributed by atoms with van der Waals surface area (Å²) in [6.07, 6.45) is 2.57. The summed E-state index contributed by atoms with van der Waals surface area (Å²) in [6.45, 7) is 2.86. The zero-order valence-electron chi connectivity index (χ0n) is 11.0. The minimum Gasteiger partial charge on any atom is -0.370 e. The van der Waals surface area contributed by atoms with Crippen LogP contribution in [-0.2, 0) is 11.3 Å². The molecule has 0 aromatic heterocycles. The first-order chi connectivity index (χ1) is 9.17. The maximum Gasteiger partial charge on any atom is 0.217 e. The van der Waals surface area contributed by atoms with Crippen LogP contribution in [0.2, 0.25) is 0 Å². The molecule has 1 amide bonds. The third-order valence-corrected chi connectivity index (χ3v) is 3.66. The number of hydrogen-bond acceptors (Lipinski definition) is 3. The van der Waals surface area contributed by atoms with Gasteiger partial charge in [0.15, 0.2) is 0 Å². The lowest BCUT2D eigenvalue weighted by molar-refractivity contribution is -0.119. The topological polar surface area (TPSA) is 70.1 Å². The maximum atomic E-state index is 10.9. The molecule has 0 unspecified atom stereocenters. The Hall–Kier alpha value is -1.86. The van der Waals surface area contributed by atoms with Gasteiger partial charge >= 0.3 is 0 Å². The number of benzene rings is 1. The summed E-state index contributed by atoms with van der Waals surface area (Å²) in [6, 6.07) is 9.90. The number of primary amides is 1. The van der Waals surface area contributed by atoms with E-state index >= 15 is 0 Å². The van der Waals surface area contributed by atoms with Crippen molar-refractivity contribution in [1.82, 2.24) is 4.90 Å². The zero-order valence-corrected chi connectivity index (χ0v) is 11.0. The first-order valence-electron chi connectivity index (χ1n) is 6.67. The predicted molar refractivity (Wildman–Crippen MR) is 73.0 cm³/mol. The van der Waals surface area contributed by atoms with E-state index in [0.29, 0.717) is 17.9 Å². The Balaban J connectivity index is 1.85. The van der Waals surface area contributed by atoms with Crippen LogP contribution in [0.25, 0.3) is 0 Å². The van der Waals surface area contributed by atoms with E-state index in [2.05, 4.69) is 17.0 Å². The summed E-state index contributed by atoms with van der Waals surface area (Å²) in [5, 5.41) is 8.88. The van der Waals surface area contributed by atoms with Crippen molar-refractivity contribution in [1.29, 1.82) is 5.26 Å². The van der Waals surface area contributed by atoms with Gasteiger partial charge in [-0.25, -0.2) is 0 Å². The van der Waals surface area contributed by atoms with Gasteiger partial charge in [-0.2, -0.15) is 5.26 Å². The molecule has 2 rings (SSSR count). The van der Waals surface area contributed by atoms with Crippen molar-refractivity contribution in [2.24, 2.45) is 11.7 Å². The van der Waals surface area contributed by atoms with Crippen molar-refractivity contribution in [3.8, 4) is 6.07 Å². The monoisotopic (exact) mass is 257 g/mol. The van der Waals surface area contributed by atoms with Gasteiger partial charge in [0, 0.05) is 13.0 Å². The lowest BCUT2D eigenvalue weighted by Gasteiger charge is -2.31. The van der Waals surface area contributed by atoms with Gasteiger partial charge in [0.1, 0.15) is 0 Å². The predicted octanol–water partition coefficient (Wildman–Crippen LogP) is 1.65. The molecule has 1 aromatic carbocycles. The summed E-state index contributed by atoms with van der Waals surface area (Å²) >= 11 is 0. The van der Waals surface area contributed by atoms with Gasteiger partial charge in [-0.05, 0) is 49.5 Å². The zero-order chi connectivity index (χ0) is 13.7. The molecule has 19 heavy (non-hydrogen) atoms. The normalized spacial score (nSPS) is 17.0. The van der Waals surface area contributed by atoms with Gasteiger partial charge < -0.3 is 5.73 Å². The van der Waals surface area contributed by atoms with Crippen molar-refractivity contribution >= 4 is 5.91 Å². The Labute approximate surface area is 113 Å². The van der Waals surface area contributed by atoms with E-state index < -0.39 is 0 Å². The van der Waals surface area contributed by atoms with Crippen molar-refractivity contribution in [2.75, 3.05) is 13.1 Å². The Kier molecular flexibility index (Phi) is 4.53. The lowest BCUT2D eigenvalue weighted by atomic mass is 9.93. The summed E-state index contributed by atoms with van der Waals surface area (Å²) in [4.78, 5) is 13.3. The molecular formula is C15H19N3O. The standard InChI is InChI=1S/C15H19N3O/c16-10-13-2-1-3-14(8-13)11-18-6-4-12(5-7-18)9-15(17)19/h1-3,8,12H,4-7,9,11H2,(H2,17,19). The fraction of sp³-hybridized carbons (Fsp3) is 0.467. The molecule has 0 saturated carbocycles. The molecule has 1 heterocycles. The SMILES string of the molecule is N#Cc1cccc(CN2CCC(CC(N)=O)CC2)c1. The van der Waals surface area contributed by atoms with Crippen LogP contribution in [0.3, 0.4) is 0 Å². The molecule has 1 aliphatic rings. The van der Waals surface area contributed by atoms with Crippen LogP contribution in [0.5, 0.6) is 0 Å². The minimum absolute atomic E-state index is 0.194. The van der Waals surface area contributed by atoms with E-state index in [9.17, 15) is 4.79 Å². The number of nitriles is 1. The average molecular weight is 257 g/mol. The van der Waals surface area contributed by atoms with Gasteiger partial charge in [0.05, 0.1) is 11.6 Å². The Morgan fingerprint density at radius 1 is 1.42 bits per heavy atom. The second kappa shape index (κ2) is 6.35. The van der Waals surface area contributed by atoms with Crippen molar-refractivity contribution in [3.05, 3.63) is 35.4 Å². The fourth-order valence-electron chi connectivity index (χ4n) is 2.63. The van der Waals surface area contributed by atoms with Crippen LogP contribution in [-0.4, -0.2) is 23.9 Å². The molecule has 0 atom stereocenters. The van der Waals surface area contributed by atoms with E-state index in [1.54, 1.807) is 0 Å². The minimum atomic E-state index is -0.194. The number of carbonyl (C=O) groups excluding carboxylic acids is 1. The number of carbonyl (C=O) groups is 1. The van der Waals surface area contributed by atoms with Crippen LogP contribution in [0.1, 0.15) is 30.4 Å². The highest BCUT2D eigenvalue weighted by Gasteiger charge is 2.20. The highest BCUT2D eigenvalue weighted by molar-refractivity contribution is 5.73. The van der Waals surface area contributed by atoms with Gasteiger partial charge in [-0.1, -0.05) is 12.1 Å². The smallest absolute Gasteiger partial charge is 0.217 e. The summed E-state index contributed by atoms with van der Waals surface area (Å²) in [7, 11) is 0. The van der Waals surface area contributed by atoms with E-state index in [1.165, 1.54) is 5.56 Å². The molecule has 0 bridgehead atoms. The third-order valence-electron chi connectivity index (χ3n) is 3.66. The molecule has 4 heteroatoms. The maximum absolute atomic E-state index is 10.9. The number of hydrogen-bond donors (Lipinski definition) is 1. The highest BCUT2D eigenvalue weighted by atomic mass is 16.1. The van der Waals surface area contributed by atoms with Crippen LogP contribution >= 0.6 is 0 Å². The summed E-state index contributed by atoms with van der Waals surface area (Å²) in [5.41, 5.74) is 7.11. The van der Waals surface area contributed by atoms with Crippen LogP contribution in [0, 0.1) is 17.2 Å². The Morgan fingerprint density at radius 2 is 2.16 bits per heavy atom. The number of piperidine rings is 1. The molecule has 1 fully saturated rings. The van der Waals surface area contributed by atoms with Crippen LogP contribution in [0.15, 0.2) is 24.3 Å². The number of amides is 1. The molecular weight excluding hydrogens is 238 g/mol. The second-order valence-corrected chi connectivity index (χ2v) is 5.20. The van der Waals surface area contributed by atoms with Gasteiger partial charge in [0.25, 0.3) is 0 Å². The summed E-state index contributed by atoms with van der Waals surface area (Å²) in [5.74, 6) is 0.249. The number of nitrogens with two attached hydrogens (primary N) is 1. The number of nitrogens with zero attached hydrogens (tertiary/aromatic N) is 2. The molecule has 1 saturated heterocycles. The van der Waals surface area contributed by atoms with Gasteiger partial charge in [-0.15, -0.1) is 0 Å². The van der Waals surface area contributed by atoms with E-state index in [1.807, 2.05) is 18.2 Å². The summed E-state index contributed by atoms with van der Waals surface area (Å²) < 4.78 is 0. The second-order valence-electron chi connectivity index (χ2n) is 5.20. The quantitative estimate of drug-likeness (QED) is 0.891. The van der Waals surface area contributed by atoms with Crippen molar-refractivity contribution in [3.63, 3.8) is 0 Å². The third kappa shape index (κ3) is 4.08. The molecule has 100 valence electrons. The number of rotatable bonds is 4. The fourth-order valence-corrected chi connectivity index (χ4v) is 2.63. The van der Waals surface area contributed by atoms with E-state index in [0.717, 1.165) is 32.5 Å². The van der Waals surface area contributed by atoms with Crippen LogP contribution < -0.4 is 5.73 Å². The lowest BCUT2D eigenvalue weighted by Crippen LogP contribution is -2.34. The Morgan fingerprint density at radius 3 is 2.79 bits per heavy atom. The van der Waals surface area contributed by atoms with Gasteiger partial charge in [-0.3, -0.25) is 9.69 Å². The molecule has 0 aliphatic carbocycles. The first-order valence-corrected chi connectivity index (χ1v) is 6.67.